The molecule has 2 aromatic carbocycles. The number of nitrogens with zero attached hydrogens (tertiary/aromatic N) is 1. The lowest BCUT2D eigenvalue weighted by molar-refractivity contribution is -0.116. The molecule has 136 valence electrons. The second-order valence-corrected chi connectivity index (χ2v) is 6.51. The molecule has 1 N–H and O–H groups in total. The maximum atomic E-state index is 12.1. The van der Waals surface area contributed by atoms with Crippen LogP contribution in [0.3, 0.4) is 0 Å². The number of methoxy groups -OCH3 is 1. The third-order valence-electron chi connectivity index (χ3n) is 4.68. The molecule has 1 aliphatic heterocycles. The number of carbonyl (C=O) groups excluding carboxylic acids is 1. The number of carbonyl (C=O) groups is 1. The first kappa shape index (κ1) is 18.1. The number of rotatable bonds is 6. The standard InChI is InChI=1S/C22H26N2O2/c1-26-21-8-4-3-7-19(21)11-14-22(25)23-17-18-9-12-20(13-10-18)24-15-5-2-6-16-24/h3-4,7-14H,2,5-6,15-17H2,1H3,(H,23,25)/b14-11+. The number of anilines is 1. The van der Waals surface area contributed by atoms with Crippen molar-refractivity contribution in [3.63, 3.8) is 0 Å². The highest BCUT2D eigenvalue weighted by Gasteiger charge is 2.10. The summed E-state index contributed by atoms with van der Waals surface area (Å²) in [5, 5.41) is 2.93. The monoisotopic (exact) mass is 350 g/mol. The molecule has 0 aliphatic carbocycles. The molecule has 26 heavy (non-hydrogen) atoms. The smallest absolute Gasteiger partial charge is 0.244 e. The van der Waals surface area contributed by atoms with E-state index in [0.717, 1.165) is 30.0 Å². The normalized spacial score (nSPS) is 14.4. The average molecular weight is 350 g/mol. The van der Waals surface area contributed by atoms with Crippen molar-refractivity contribution in [3.8, 4) is 5.75 Å². The summed E-state index contributed by atoms with van der Waals surface area (Å²) in [5.41, 5.74) is 3.26. The molecule has 3 rings (SSSR count). The van der Waals surface area contributed by atoms with E-state index in [1.54, 1.807) is 19.3 Å². The maximum absolute atomic E-state index is 12.1. The van der Waals surface area contributed by atoms with Gasteiger partial charge in [0.25, 0.3) is 0 Å². The first-order valence-electron chi connectivity index (χ1n) is 9.19. The van der Waals surface area contributed by atoms with Gasteiger partial charge in [-0.3, -0.25) is 4.79 Å². The van der Waals surface area contributed by atoms with Crippen LogP contribution in [0.25, 0.3) is 6.08 Å². The fourth-order valence-corrected chi connectivity index (χ4v) is 3.19. The summed E-state index contributed by atoms with van der Waals surface area (Å²) in [7, 11) is 1.63. The van der Waals surface area contributed by atoms with E-state index >= 15 is 0 Å². The van der Waals surface area contributed by atoms with E-state index in [9.17, 15) is 4.79 Å². The Hall–Kier alpha value is -2.75. The summed E-state index contributed by atoms with van der Waals surface area (Å²) in [6.07, 6.45) is 7.20. The first-order chi connectivity index (χ1) is 12.8. The molecule has 1 saturated heterocycles. The molecule has 0 saturated carbocycles. The van der Waals surface area contributed by atoms with Crippen LogP contribution < -0.4 is 15.0 Å². The lowest BCUT2D eigenvalue weighted by Crippen LogP contribution is -2.29. The Bertz CT molecular complexity index is 747. The molecule has 0 radical (unpaired) electrons. The van der Waals surface area contributed by atoms with Gasteiger partial charge in [-0.25, -0.2) is 0 Å². The van der Waals surface area contributed by atoms with Crippen LogP contribution in [0.5, 0.6) is 5.75 Å². The Kier molecular flexibility index (Phi) is 6.31. The fraction of sp³-hybridized carbons (Fsp3) is 0.318. The Labute approximate surface area is 155 Å². The number of amides is 1. The van der Waals surface area contributed by atoms with Crippen LogP contribution in [-0.2, 0) is 11.3 Å². The van der Waals surface area contributed by atoms with Gasteiger partial charge in [0.2, 0.25) is 5.91 Å². The third kappa shape index (κ3) is 4.88. The molecule has 1 heterocycles. The first-order valence-corrected chi connectivity index (χ1v) is 9.19. The summed E-state index contributed by atoms with van der Waals surface area (Å²) < 4.78 is 5.28. The van der Waals surface area contributed by atoms with Crippen molar-refractivity contribution in [2.24, 2.45) is 0 Å². The Morgan fingerprint density at radius 2 is 1.81 bits per heavy atom. The largest absolute Gasteiger partial charge is 0.496 e. The Balaban J connectivity index is 1.51. The van der Waals surface area contributed by atoms with Crippen molar-refractivity contribution in [3.05, 3.63) is 65.7 Å². The van der Waals surface area contributed by atoms with E-state index in [4.69, 9.17) is 4.74 Å². The van der Waals surface area contributed by atoms with Crippen molar-refractivity contribution in [1.29, 1.82) is 0 Å². The Morgan fingerprint density at radius 3 is 2.54 bits per heavy atom. The van der Waals surface area contributed by atoms with Gasteiger partial charge in [-0.15, -0.1) is 0 Å². The number of hydrogen-bond donors (Lipinski definition) is 1. The summed E-state index contributed by atoms with van der Waals surface area (Å²) in [6, 6.07) is 16.1. The summed E-state index contributed by atoms with van der Waals surface area (Å²) in [6.45, 7) is 2.81. The van der Waals surface area contributed by atoms with E-state index in [1.165, 1.54) is 24.9 Å². The number of hydrogen-bond acceptors (Lipinski definition) is 3. The van der Waals surface area contributed by atoms with E-state index in [-0.39, 0.29) is 5.91 Å². The molecule has 0 aromatic heterocycles. The Morgan fingerprint density at radius 1 is 1.08 bits per heavy atom. The molecule has 0 spiro atoms. The molecule has 0 atom stereocenters. The van der Waals surface area contributed by atoms with Crippen LogP contribution in [0.4, 0.5) is 5.69 Å². The SMILES string of the molecule is COc1ccccc1/C=C/C(=O)NCc1ccc(N2CCCCC2)cc1. The molecule has 2 aromatic rings. The van der Waals surface area contributed by atoms with Gasteiger partial charge in [-0.1, -0.05) is 30.3 Å². The molecule has 1 amide bonds. The number of piperidine rings is 1. The van der Waals surface area contributed by atoms with Crippen LogP contribution in [0.15, 0.2) is 54.6 Å². The minimum Gasteiger partial charge on any atom is -0.496 e. The zero-order valence-corrected chi connectivity index (χ0v) is 15.3. The predicted molar refractivity (Wildman–Crippen MR) is 106 cm³/mol. The second kappa shape index (κ2) is 9.09. The van der Waals surface area contributed by atoms with Gasteiger partial charge in [0.05, 0.1) is 7.11 Å². The number of benzene rings is 2. The van der Waals surface area contributed by atoms with Gasteiger partial charge in [-0.2, -0.15) is 0 Å². The zero-order chi connectivity index (χ0) is 18.2. The highest BCUT2D eigenvalue weighted by atomic mass is 16.5. The molecule has 0 unspecified atom stereocenters. The van der Waals surface area contributed by atoms with Crippen LogP contribution in [0.1, 0.15) is 30.4 Å². The number of para-hydroxylation sites is 1. The highest BCUT2D eigenvalue weighted by molar-refractivity contribution is 5.92. The molecule has 4 heteroatoms. The van der Waals surface area contributed by atoms with Gasteiger partial charge < -0.3 is 15.0 Å². The van der Waals surface area contributed by atoms with Crippen molar-refractivity contribution in [2.45, 2.75) is 25.8 Å². The molecular weight excluding hydrogens is 324 g/mol. The van der Waals surface area contributed by atoms with Crippen LogP contribution in [-0.4, -0.2) is 26.1 Å². The van der Waals surface area contributed by atoms with Gasteiger partial charge in [0.1, 0.15) is 5.75 Å². The molecular formula is C22H26N2O2. The number of nitrogens with one attached hydrogen (secondary N) is 1. The zero-order valence-electron chi connectivity index (χ0n) is 15.3. The summed E-state index contributed by atoms with van der Waals surface area (Å²) >= 11 is 0. The molecule has 1 fully saturated rings. The van der Waals surface area contributed by atoms with E-state index in [2.05, 4.69) is 34.5 Å². The van der Waals surface area contributed by atoms with Gasteiger partial charge >= 0.3 is 0 Å². The molecule has 0 bridgehead atoms. The molecule has 1 aliphatic rings. The van der Waals surface area contributed by atoms with Crippen molar-refractivity contribution in [2.75, 3.05) is 25.1 Å². The van der Waals surface area contributed by atoms with Crippen LogP contribution >= 0.6 is 0 Å². The summed E-state index contributed by atoms with van der Waals surface area (Å²) in [4.78, 5) is 14.5. The minimum atomic E-state index is -0.115. The van der Waals surface area contributed by atoms with Crippen LogP contribution in [0.2, 0.25) is 0 Å². The van der Waals surface area contributed by atoms with Crippen molar-refractivity contribution < 1.29 is 9.53 Å². The van der Waals surface area contributed by atoms with Gasteiger partial charge in [0.15, 0.2) is 0 Å². The van der Waals surface area contributed by atoms with Crippen molar-refractivity contribution in [1.82, 2.24) is 5.32 Å². The van der Waals surface area contributed by atoms with E-state index < -0.39 is 0 Å². The lowest BCUT2D eigenvalue weighted by Gasteiger charge is -2.28. The maximum Gasteiger partial charge on any atom is 0.244 e. The molecule has 4 nitrogen and oxygen atoms in total. The second-order valence-electron chi connectivity index (χ2n) is 6.51. The average Bonchev–Trinajstić information content (AvgIpc) is 2.72. The fourth-order valence-electron chi connectivity index (χ4n) is 3.19. The minimum absolute atomic E-state index is 0.115. The van der Waals surface area contributed by atoms with Gasteiger partial charge in [-0.05, 0) is 49.1 Å². The lowest BCUT2D eigenvalue weighted by atomic mass is 10.1. The van der Waals surface area contributed by atoms with Crippen molar-refractivity contribution >= 4 is 17.7 Å². The van der Waals surface area contributed by atoms with E-state index in [1.807, 2.05) is 24.3 Å². The van der Waals surface area contributed by atoms with Gasteiger partial charge in [0, 0.05) is 37.0 Å². The summed E-state index contributed by atoms with van der Waals surface area (Å²) in [5.74, 6) is 0.640. The highest BCUT2D eigenvalue weighted by Crippen LogP contribution is 2.20. The predicted octanol–water partition coefficient (Wildman–Crippen LogP) is 4.02. The number of ether oxygens (including phenoxy) is 1. The quantitative estimate of drug-likeness (QED) is 0.800. The van der Waals surface area contributed by atoms with Crippen LogP contribution in [0, 0.1) is 0 Å². The third-order valence-corrected chi connectivity index (χ3v) is 4.68. The van der Waals surface area contributed by atoms with E-state index in [0.29, 0.717) is 6.54 Å². The topological polar surface area (TPSA) is 41.6 Å².